The molecule has 80 valence electrons. The zero-order valence-corrected chi connectivity index (χ0v) is 9.84. The first-order valence-electron chi connectivity index (χ1n) is 5.34. The third-order valence-corrected chi connectivity index (χ3v) is 1.92. The predicted molar refractivity (Wildman–Crippen MR) is 59.0 cm³/mol. The summed E-state index contributed by atoms with van der Waals surface area (Å²) in [6, 6.07) is 0.126. The minimum Gasteiger partial charge on any atom is -0.302 e. The Hall–Kier alpha value is -0.370. The average Bonchev–Trinajstić information content (AvgIpc) is 2.15. The van der Waals surface area contributed by atoms with Crippen LogP contribution >= 0.6 is 0 Å². The fourth-order valence-corrected chi connectivity index (χ4v) is 1.05. The molecule has 0 saturated heterocycles. The Bertz CT molecular complexity index is 102. The number of aldehydes is 1. The molecular formula is C11H25NO. The van der Waals surface area contributed by atoms with E-state index in [1.165, 1.54) is 12.8 Å². The number of rotatable bonds is 6. The molecule has 0 aromatic rings. The molecule has 2 nitrogen and oxygen atoms in total. The van der Waals surface area contributed by atoms with E-state index in [0.717, 1.165) is 19.1 Å². The van der Waals surface area contributed by atoms with Crippen LogP contribution in [-0.2, 0) is 4.79 Å². The van der Waals surface area contributed by atoms with Gasteiger partial charge in [-0.1, -0.05) is 40.0 Å². The van der Waals surface area contributed by atoms with Gasteiger partial charge in [0.2, 0.25) is 0 Å². The molecule has 0 bridgehead atoms. The summed E-state index contributed by atoms with van der Waals surface area (Å²) in [5, 5.41) is 0. The molecule has 0 aromatic carbocycles. The van der Waals surface area contributed by atoms with Crippen molar-refractivity contribution in [2.24, 2.45) is 0 Å². The summed E-state index contributed by atoms with van der Waals surface area (Å²) in [6.45, 7) is 6.17. The Labute approximate surface area is 83.3 Å². The van der Waals surface area contributed by atoms with Gasteiger partial charge in [0.15, 0.2) is 0 Å². The van der Waals surface area contributed by atoms with Gasteiger partial charge in [-0.25, -0.2) is 0 Å². The van der Waals surface area contributed by atoms with Crippen molar-refractivity contribution < 1.29 is 4.79 Å². The molecule has 0 rings (SSSR count). The standard InChI is InChI=1S/C9H19NO.C2H6/c1-4-5-6-7-9(8-11)10(2)3;1-2/h8-9H,4-7H2,1-3H3;1-2H3/t9-;/m0./s1. The van der Waals surface area contributed by atoms with E-state index < -0.39 is 0 Å². The van der Waals surface area contributed by atoms with Crippen LogP contribution in [0, 0.1) is 0 Å². The highest BCUT2D eigenvalue weighted by molar-refractivity contribution is 5.57. The van der Waals surface area contributed by atoms with Gasteiger partial charge in [0.25, 0.3) is 0 Å². The van der Waals surface area contributed by atoms with Crippen molar-refractivity contribution in [1.29, 1.82) is 0 Å². The monoisotopic (exact) mass is 187 g/mol. The lowest BCUT2D eigenvalue weighted by molar-refractivity contribution is -0.111. The molecule has 2 heteroatoms. The van der Waals surface area contributed by atoms with Gasteiger partial charge in [-0.3, -0.25) is 0 Å². The minimum absolute atomic E-state index is 0.126. The number of carbonyl (C=O) groups is 1. The highest BCUT2D eigenvalue weighted by Gasteiger charge is 2.07. The van der Waals surface area contributed by atoms with Crippen LogP contribution in [0.3, 0.4) is 0 Å². The van der Waals surface area contributed by atoms with Gasteiger partial charge in [-0.15, -0.1) is 0 Å². The van der Waals surface area contributed by atoms with Crippen LogP contribution in [0.1, 0.15) is 46.5 Å². The fraction of sp³-hybridized carbons (Fsp3) is 0.909. The highest BCUT2D eigenvalue weighted by Crippen LogP contribution is 2.04. The third kappa shape index (κ3) is 9.54. The molecule has 0 heterocycles. The Balaban J connectivity index is 0. The van der Waals surface area contributed by atoms with Gasteiger partial charge < -0.3 is 9.69 Å². The van der Waals surface area contributed by atoms with Crippen LogP contribution in [-0.4, -0.2) is 31.3 Å². The predicted octanol–water partition coefficient (Wildman–Crippen LogP) is 2.72. The molecular weight excluding hydrogens is 162 g/mol. The summed E-state index contributed by atoms with van der Waals surface area (Å²) in [5.41, 5.74) is 0. The number of carbonyl (C=O) groups excluding carboxylic acids is 1. The summed E-state index contributed by atoms with van der Waals surface area (Å²) in [4.78, 5) is 12.5. The van der Waals surface area contributed by atoms with Gasteiger partial charge in [0.05, 0.1) is 6.04 Å². The molecule has 0 aromatic heterocycles. The second-order valence-electron chi connectivity index (χ2n) is 3.16. The van der Waals surface area contributed by atoms with Gasteiger partial charge >= 0.3 is 0 Å². The van der Waals surface area contributed by atoms with E-state index >= 15 is 0 Å². The first kappa shape index (κ1) is 15.1. The molecule has 0 spiro atoms. The maximum atomic E-state index is 10.5. The van der Waals surface area contributed by atoms with Crippen molar-refractivity contribution in [1.82, 2.24) is 4.90 Å². The number of nitrogens with zero attached hydrogens (tertiary/aromatic N) is 1. The van der Waals surface area contributed by atoms with Crippen LogP contribution in [0.4, 0.5) is 0 Å². The van der Waals surface area contributed by atoms with E-state index in [0.29, 0.717) is 0 Å². The third-order valence-electron chi connectivity index (χ3n) is 1.92. The van der Waals surface area contributed by atoms with Crippen molar-refractivity contribution in [3.05, 3.63) is 0 Å². The normalized spacial score (nSPS) is 11.8. The van der Waals surface area contributed by atoms with Gasteiger partial charge in [0.1, 0.15) is 6.29 Å². The first-order chi connectivity index (χ1) is 6.22. The molecule has 0 amide bonds. The summed E-state index contributed by atoms with van der Waals surface area (Å²) in [5.74, 6) is 0. The van der Waals surface area contributed by atoms with Crippen LogP contribution in [0.2, 0.25) is 0 Å². The van der Waals surface area contributed by atoms with E-state index in [9.17, 15) is 4.79 Å². The molecule has 0 aliphatic heterocycles. The van der Waals surface area contributed by atoms with Crippen LogP contribution < -0.4 is 0 Å². The molecule has 0 aliphatic carbocycles. The molecule has 0 fully saturated rings. The van der Waals surface area contributed by atoms with Crippen LogP contribution in [0.15, 0.2) is 0 Å². The van der Waals surface area contributed by atoms with Gasteiger partial charge in [-0.05, 0) is 20.5 Å². The van der Waals surface area contributed by atoms with Gasteiger partial charge in [-0.2, -0.15) is 0 Å². The number of hydrogen-bond acceptors (Lipinski definition) is 2. The first-order valence-corrected chi connectivity index (χ1v) is 5.34. The lowest BCUT2D eigenvalue weighted by atomic mass is 10.1. The zero-order chi connectivity index (χ0) is 10.7. The van der Waals surface area contributed by atoms with E-state index in [2.05, 4.69) is 6.92 Å². The Morgan fingerprint density at radius 1 is 1.23 bits per heavy atom. The Kier molecular flexibility index (Phi) is 13.5. The maximum absolute atomic E-state index is 10.5. The number of likely N-dealkylation sites (N-methyl/N-ethyl adjacent to an activating group) is 1. The van der Waals surface area contributed by atoms with Crippen LogP contribution in [0.5, 0.6) is 0 Å². The summed E-state index contributed by atoms with van der Waals surface area (Å²) < 4.78 is 0. The Morgan fingerprint density at radius 2 is 1.77 bits per heavy atom. The smallest absolute Gasteiger partial charge is 0.137 e. The van der Waals surface area contributed by atoms with Crippen molar-refractivity contribution in [2.45, 2.75) is 52.5 Å². The topological polar surface area (TPSA) is 20.3 Å². The molecule has 0 aliphatic rings. The van der Waals surface area contributed by atoms with Crippen LogP contribution in [0.25, 0.3) is 0 Å². The lowest BCUT2D eigenvalue weighted by Crippen LogP contribution is -2.29. The molecule has 1 atom stereocenters. The molecule has 0 N–H and O–H groups in total. The van der Waals surface area contributed by atoms with Crippen molar-refractivity contribution >= 4 is 6.29 Å². The zero-order valence-electron chi connectivity index (χ0n) is 9.84. The minimum atomic E-state index is 0.126. The largest absolute Gasteiger partial charge is 0.302 e. The summed E-state index contributed by atoms with van der Waals surface area (Å²) in [7, 11) is 3.90. The SMILES string of the molecule is CC.CCCCC[C@@H](C=O)N(C)C. The molecule has 0 unspecified atom stereocenters. The van der Waals surface area contributed by atoms with E-state index in [1.807, 2.05) is 32.8 Å². The number of hydrogen-bond donors (Lipinski definition) is 0. The quantitative estimate of drug-likeness (QED) is 0.471. The lowest BCUT2D eigenvalue weighted by Gasteiger charge is -2.17. The Morgan fingerprint density at radius 3 is 2.08 bits per heavy atom. The highest BCUT2D eigenvalue weighted by atomic mass is 16.1. The fourth-order valence-electron chi connectivity index (χ4n) is 1.05. The van der Waals surface area contributed by atoms with Gasteiger partial charge in [0, 0.05) is 0 Å². The number of unbranched alkanes of at least 4 members (excludes halogenated alkanes) is 2. The molecule has 13 heavy (non-hydrogen) atoms. The van der Waals surface area contributed by atoms with E-state index in [-0.39, 0.29) is 6.04 Å². The van der Waals surface area contributed by atoms with Crippen molar-refractivity contribution in [3.8, 4) is 0 Å². The average molecular weight is 187 g/mol. The molecule has 0 radical (unpaired) electrons. The van der Waals surface area contributed by atoms with Crippen molar-refractivity contribution in [3.63, 3.8) is 0 Å². The maximum Gasteiger partial charge on any atom is 0.137 e. The second-order valence-corrected chi connectivity index (χ2v) is 3.16. The van der Waals surface area contributed by atoms with E-state index in [1.54, 1.807) is 0 Å². The summed E-state index contributed by atoms with van der Waals surface area (Å²) in [6.07, 6.45) is 5.66. The molecule has 0 saturated carbocycles. The van der Waals surface area contributed by atoms with E-state index in [4.69, 9.17) is 0 Å². The van der Waals surface area contributed by atoms with Crippen molar-refractivity contribution in [2.75, 3.05) is 14.1 Å². The second kappa shape index (κ2) is 11.6. The summed E-state index contributed by atoms with van der Waals surface area (Å²) >= 11 is 0.